The summed E-state index contributed by atoms with van der Waals surface area (Å²) in [5.74, 6) is -0.276. The lowest BCUT2D eigenvalue weighted by Crippen LogP contribution is -2.21. The molecule has 0 amide bonds. The van der Waals surface area contributed by atoms with Gasteiger partial charge in [0.2, 0.25) is 0 Å². The summed E-state index contributed by atoms with van der Waals surface area (Å²) in [5.41, 5.74) is 3.33. The van der Waals surface area contributed by atoms with Crippen molar-refractivity contribution in [3.63, 3.8) is 0 Å². The Morgan fingerprint density at radius 2 is 2.03 bits per heavy atom. The zero-order chi connectivity index (χ0) is 23.3. The number of carboxylic acids is 1. The molecular formula is C25H27F3O4. The standard InChI is InChI=1S/C25H27F3O4/c1-3-22-19(15-23(32-22)18-6-8-20(9-7-18)25(26,27)28)5-4-10-31-21-12-16(2)11-17(13-21)14-24(29)30/h6-8,11-13,15,20H,3-5,9-10,14H2,1-2H3,(H,29,30). The molecule has 4 nitrogen and oxygen atoms in total. The van der Waals surface area contributed by atoms with Crippen molar-refractivity contribution in [3.05, 3.63) is 70.7 Å². The first-order chi connectivity index (χ1) is 15.2. The van der Waals surface area contributed by atoms with Crippen LogP contribution >= 0.6 is 0 Å². The maximum atomic E-state index is 12.8. The number of halogens is 3. The molecule has 0 aliphatic heterocycles. The number of carbonyl (C=O) groups is 1. The predicted molar refractivity (Wildman–Crippen MR) is 116 cm³/mol. The third-order valence-corrected chi connectivity index (χ3v) is 5.35. The highest BCUT2D eigenvalue weighted by atomic mass is 19.4. The molecule has 1 heterocycles. The number of benzene rings is 1. The van der Waals surface area contributed by atoms with Crippen LogP contribution in [0.5, 0.6) is 5.75 Å². The minimum Gasteiger partial charge on any atom is -0.494 e. The molecule has 2 aromatic rings. The van der Waals surface area contributed by atoms with Crippen LogP contribution in [-0.2, 0) is 24.1 Å². The van der Waals surface area contributed by atoms with Crippen LogP contribution in [0.4, 0.5) is 13.2 Å². The molecule has 0 bridgehead atoms. The molecule has 1 atom stereocenters. The maximum absolute atomic E-state index is 12.8. The smallest absolute Gasteiger partial charge is 0.395 e. The van der Waals surface area contributed by atoms with Gasteiger partial charge in [0, 0.05) is 12.0 Å². The summed E-state index contributed by atoms with van der Waals surface area (Å²) in [5, 5.41) is 8.98. The van der Waals surface area contributed by atoms with E-state index in [2.05, 4.69) is 0 Å². The number of allylic oxidation sites excluding steroid dienone is 4. The molecule has 172 valence electrons. The van der Waals surface area contributed by atoms with Gasteiger partial charge in [-0.25, -0.2) is 0 Å². The summed E-state index contributed by atoms with van der Waals surface area (Å²) in [6.45, 7) is 4.32. The van der Waals surface area contributed by atoms with Crippen molar-refractivity contribution in [3.8, 4) is 5.75 Å². The topological polar surface area (TPSA) is 59.7 Å². The summed E-state index contributed by atoms with van der Waals surface area (Å²) in [6.07, 6.45) is 2.01. The summed E-state index contributed by atoms with van der Waals surface area (Å²) in [4.78, 5) is 10.9. The molecule has 1 unspecified atom stereocenters. The van der Waals surface area contributed by atoms with E-state index in [1.54, 1.807) is 12.1 Å². The number of carboxylic acid groups (broad SMARTS) is 1. The molecule has 0 saturated carbocycles. The van der Waals surface area contributed by atoms with E-state index >= 15 is 0 Å². The van der Waals surface area contributed by atoms with Crippen molar-refractivity contribution in [2.75, 3.05) is 6.61 Å². The van der Waals surface area contributed by atoms with Crippen molar-refractivity contribution >= 4 is 11.5 Å². The van der Waals surface area contributed by atoms with Crippen LogP contribution in [0, 0.1) is 12.8 Å². The SMILES string of the molecule is CCc1oc(C2=CCC(C(F)(F)F)C=C2)cc1CCCOc1cc(C)cc(CC(=O)O)c1. The summed E-state index contributed by atoms with van der Waals surface area (Å²) < 4.78 is 50.3. The second kappa shape index (κ2) is 10.1. The Balaban J connectivity index is 1.58. The van der Waals surface area contributed by atoms with Crippen molar-refractivity contribution < 1.29 is 32.2 Å². The molecule has 0 spiro atoms. The van der Waals surface area contributed by atoms with Crippen LogP contribution < -0.4 is 4.74 Å². The Labute approximate surface area is 185 Å². The first kappa shape index (κ1) is 23.7. The van der Waals surface area contributed by atoms with Crippen molar-refractivity contribution in [1.29, 1.82) is 0 Å². The Kier molecular flexibility index (Phi) is 7.48. The lowest BCUT2D eigenvalue weighted by Gasteiger charge is -2.18. The second-order valence-corrected chi connectivity index (χ2v) is 7.99. The van der Waals surface area contributed by atoms with Gasteiger partial charge in [0.1, 0.15) is 17.3 Å². The van der Waals surface area contributed by atoms with E-state index in [9.17, 15) is 18.0 Å². The highest BCUT2D eigenvalue weighted by molar-refractivity contribution is 5.72. The maximum Gasteiger partial charge on any atom is 0.395 e. The molecule has 1 aromatic heterocycles. The Morgan fingerprint density at radius 1 is 1.25 bits per heavy atom. The third-order valence-electron chi connectivity index (χ3n) is 5.35. The monoisotopic (exact) mass is 448 g/mol. The molecule has 1 aromatic carbocycles. The fraction of sp³-hybridized carbons (Fsp3) is 0.400. The van der Waals surface area contributed by atoms with Gasteiger partial charge < -0.3 is 14.3 Å². The van der Waals surface area contributed by atoms with Gasteiger partial charge in [-0.05, 0) is 61.1 Å². The average molecular weight is 448 g/mol. The molecule has 7 heteroatoms. The van der Waals surface area contributed by atoms with E-state index in [1.165, 1.54) is 12.2 Å². The van der Waals surface area contributed by atoms with Crippen LogP contribution in [0.1, 0.15) is 48.0 Å². The highest BCUT2D eigenvalue weighted by Crippen LogP contribution is 2.36. The van der Waals surface area contributed by atoms with Crippen LogP contribution in [0.2, 0.25) is 0 Å². The minimum absolute atomic E-state index is 0.0519. The number of ether oxygens (including phenoxy) is 1. The fourth-order valence-corrected chi connectivity index (χ4v) is 3.80. The molecule has 1 aliphatic carbocycles. The van der Waals surface area contributed by atoms with Crippen molar-refractivity contribution in [1.82, 2.24) is 0 Å². The molecule has 32 heavy (non-hydrogen) atoms. The number of rotatable bonds is 9. The van der Waals surface area contributed by atoms with Crippen molar-refractivity contribution in [2.24, 2.45) is 5.92 Å². The predicted octanol–water partition coefficient (Wildman–Crippen LogP) is 6.31. The van der Waals surface area contributed by atoms with Gasteiger partial charge in [-0.3, -0.25) is 4.79 Å². The van der Waals surface area contributed by atoms with Crippen LogP contribution in [0.25, 0.3) is 5.57 Å². The number of hydrogen-bond donors (Lipinski definition) is 1. The number of furan rings is 1. The van der Waals surface area contributed by atoms with Gasteiger partial charge >= 0.3 is 12.1 Å². The van der Waals surface area contributed by atoms with Crippen molar-refractivity contribution in [2.45, 2.75) is 52.1 Å². The average Bonchev–Trinajstić information content (AvgIpc) is 3.13. The molecule has 3 rings (SSSR count). The third kappa shape index (κ3) is 6.28. The summed E-state index contributed by atoms with van der Waals surface area (Å²) >= 11 is 0. The van der Waals surface area contributed by atoms with E-state index in [4.69, 9.17) is 14.3 Å². The second-order valence-electron chi connectivity index (χ2n) is 7.99. The zero-order valence-electron chi connectivity index (χ0n) is 18.2. The molecule has 1 N–H and O–H groups in total. The lowest BCUT2D eigenvalue weighted by molar-refractivity contribution is -0.160. The van der Waals surface area contributed by atoms with Gasteiger partial charge in [0.15, 0.2) is 0 Å². The first-order valence-corrected chi connectivity index (χ1v) is 10.7. The van der Waals surface area contributed by atoms with Crippen LogP contribution in [0.3, 0.4) is 0 Å². The quantitative estimate of drug-likeness (QED) is 0.457. The van der Waals surface area contributed by atoms with Gasteiger partial charge in [-0.1, -0.05) is 31.2 Å². The zero-order valence-corrected chi connectivity index (χ0v) is 18.2. The Bertz CT molecular complexity index is 1010. The minimum atomic E-state index is -4.23. The van der Waals surface area contributed by atoms with E-state index < -0.39 is 18.1 Å². The summed E-state index contributed by atoms with van der Waals surface area (Å²) in [7, 11) is 0. The number of aliphatic carboxylic acids is 1. The van der Waals surface area contributed by atoms with Gasteiger partial charge in [-0.2, -0.15) is 13.2 Å². The van der Waals surface area contributed by atoms with Crippen LogP contribution in [-0.4, -0.2) is 23.9 Å². The molecule has 1 aliphatic rings. The van der Waals surface area contributed by atoms with E-state index in [-0.39, 0.29) is 12.8 Å². The molecule has 0 saturated heterocycles. The van der Waals surface area contributed by atoms with Gasteiger partial charge in [-0.15, -0.1) is 0 Å². The first-order valence-electron chi connectivity index (χ1n) is 10.7. The lowest BCUT2D eigenvalue weighted by atomic mass is 9.95. The molecule has 0 radical (unpaired) electrons. The van der Waals surface area contributed by atoms with Gasteiger partial charge in [0.05, 0.1) is 18.9 Å². The van der Waals surface area contributed by atoms with Crippen LogP contribution in [0.15, 0.2) is 46.9 Å². The van der Waals surface area contributed by atoms with E-state index in [0.29, 0.717) is 42.1 Å². The van der Waals surface area contributed by atoms with Gasteiger partial charge in [0.25, 0.3) is 0 Å². The number of alkyl halides is 3. The Hall–Kier alpha value is -2.96. The van der Waals surface area contributed by atoms with E-state index in [0.717, 1.165) is 23.3 Å². The largest absolute Gasteiger partial charge is 0.494 e. The molecule has 0 fully saturated rings. The fourth-order valence-electron chi connectivity index (χ4n) is 3.80. The van der Waals surface area contributed by atoms with E-state index in [1.807, 2.05) is 32.0 Å². The normalized spacial score (nSPS) is 16.2. The Morgan fingerprint density at radius 3 is 2.66 bits per heavy atom. The highest BCUT2D eigenvalue weighted by Gasteiger charge is 2.38. The molecular weight excluding hydrogens is 421 g/mol. The summed E-state index contributed by atoms with van der Waals surface area (Å²) in [6, 6.07) is 7.34. The number of aryl methyl sites for hydroxylation is 3. The number of hydrogen-bond acceptors (Lipinski definition) is 3.